The third-order valence-corrected chi connectivity index (χ3v) is 5.64. The normalized spacial score (nSPS) is 28.3. The van der Waals surface area contributed by atoms with Crippen LogP contribution in [0.3, 0.4) is 0 Å². The highest BCUT2D eigenvalue weighted by Crippen LogP contribution is 2.37. The number of thiocarbonyl (C=S) groups is 1. The molecule has 0 radical (unpaired) electrons. The van der Waals surface area contributed by atoms with Crippen LogP contribution in [0.4, 0.5) is 5.69 Å². The summed E-state index contributed by atoms with van der Waals surface area (Å²) in [6.07, 6.45) is -2.00. The molecule has 1 saturated carbocycles. The molecule has 2 aliphatic rings. The van der Waals surface area contributed by atoms with Crippen LogP contribution in [0, 0.1) is 5.92 Å². The summed E-state index contributed by atoms with van der Waals surface area (Å²) in [5, 5.41) is 29.6. The fraction of sp³-hybridized carbons (Fsp3) is 0.526. The predicted octanol–water partition coefficient (Wildman–Crippen LogP) is -0.879. The number of hydrogen-bond donors (Lipinski definition) is 5. The van der Waals surface area contributed by atoms with Crippen LogP contribution in [0.1, 0.15) is 13.3 Å². The fourth-order valence-electron chi connectivity index (χ4n) is 3.94. The topological polar surface area (TPSA) is 123 Å². The van der Waals surface area contributed by atoms with Crippen LogP contribution in [0.2, 0.25) is 0 Å². The highest BCUT2D eigenvalue weighted by molar-refractivity contribution is 7.80. The Kier molecular flexibility index (Phi) is 6.56. The number of nitrogens with one attached hydrogen (secondary N) is 3. The number of fused-ring (bicyclic) bond motifs is 1. The molecule has 29 heavy (non-hydrogen) atoms. The second-order valence-corrected chi connectivity index (χ2v) is 7.59. The monoisotopic (exact) mass is 422 g/mol. The van der Waals surface area contributed by atoms with E-state index in [2.05, 4.69) is 16.0 Å². The van der Waals surface area contributed by atoms with E-state index >= 15 is 0 Å². The molecule has 0 spiro atoms. The van der Waals surface area contributed by atoms with Gasteiger partial charge in [-0.3, -0.25) is 9.59 Å². The van der Waals surface area contributed by atoms with E-state index in [1.165, 1.54) is 6.92 Å². The number of nitrogens with zero attached hydrogens (tertiary/aromatic N) is 1. The average Bonchev–Trinajstić information content (AvgIpc) is 3.05. The van der Waals surface area contributed by atoms with Gasteiger partial charge in [0.1, 0.15) is 11.9 Å². The smallest absolute Gasteiger partial charge is 0.225 e. The molecule has 10 heteroatoms. The first-order valence-electron chi connectivity index (χ1n) is 9.45. The minimum atomic E-state index is -1.05. The first-order chi connectivity index (χ1) is 13.8. The summed E-state index contributed by atoms with van der Waals surface area (Å²) in [5.74, 6) is -0.353. The van der Waals surface area contributed by atoms with E-state index in [1.807, 2.05) is 17.0 Å². The number of aliphatic hydroxyl groups is 2. The van der Waals surface area contributed by atoms with Gasteiger partial charge in [0.05, 0.1) is 31.2 Å². The van der Waals surface area contributed by atoms with Crippen molar-refractivity contribution in [2.75, 3.05) is 25.1 Å². The zero-order valence-electron chi connectivity index (χ0n) is 16.3. The van der Waals surface area contributed by atoms with Gasteiger partial charge >= 0.3 is 0 Å². The van der Waals surface area contributed by atoms with Crippen molar-refractivity contribution in [2.45, 2.75) is 37.6 Å². The quantitative estimate of drug-likeness (QED) is 0.296. The van der Waals surface area contributed by atoms with Crippen molar-refractivity contribution in [1.82, 2.24) is 16.0 Å². The number of amides is 2. The Morgan fingerprint density at radius 1 is 1.24 bits per heavy atom. The van der Waals surface area contributed by atoms with Crippen molar-refractivity contribution in [2.24, 2.45) is 5.92 Å². The van der Waals surface area contributed by atoms with Crippen LogP contribution in [0.15, 0.2) is 24.3 Å². The van der Waals surface area contributed by atoms with Crippen molar-refractivity contribution in [3.8, 4) is 5.75 Å². The Labute approximate surface area is 174 Å². The number of benzene rings is 1. The molecule has 1 aromatic rings. The maximum Gasteiger partial charge on any atom is 0.225 e. The number of methoxy groups -OCH3 is 1. The van der Waals surface area contributed by atoms with Gasteiger partial charge in [-0.1, -0.05) is 0 Å². The second-order valence-electron chi connectivity index (χ2n) is 7.21. The molecule has 2 amide bonds. The molecule has 3 rings (SSSR count). The Hall–Kier alpha value is -2.43. The van der Waals surface area contributed by atoms with Crippen LogP contribution < -0.4 is 25.6 Å². The van der Waals surface area contributed by atoms with Gasteiger partial charge in [0.2, 0.25) is 11.8 Å². The van der Waals surface area contributed by atoms with E-state index in [1.54, 1.807) is 19.2 Å². The molecular weight excluding hydrogens is 396 g/mol. The van der Waals surface area contributed by atoms with Crippen molar-refractivity contribution in [1.29, 1.82) is 0 Å². The van der Waals surface area contributed by atoms with Gasteiger partial charge in [0, 0.05) is 25.7 Å². The molecule has 1 saturated heterocycles. The second kappa shape index (κ2) is 8.93. The minimum Gasteiger partial charge on any atom is -0.497 e. The highest BCUT2D eigenvalue weighted by atomic mass is 32.1. The summed E-state index contributed by atoms with van der Waals surface area (Å²) in [6, 6.07) is 6.20. The lowest BCUT2D eigenvalue weighted by molar-refractivity contribution is -0.131. The van der Waals surface area contributed by atoms with Crippen LogP contribution in [0.5, 0.6) is 5.75 Å². The lowest BCUT2D eigenvalue weighted by Gasteiger charge is -2.41. The molecule has 1 heterocycles. The molecular formula is C19H26N4O5S. The van der Waals surface area contributed by atoms with Gasteiger partial charge in [-0.05, 0) is 42.9 Å². The van der Waals surface area contributed by atoms with E-state index in [-0.39, 0.29) is 24.8 Å². The lowest BCUT2D eigenvalue weighted by atomic mass is 9.77. The van der Waals surface area contributed by atoms with Gasteiger partial charge < -0.3 is 35.8 Å². The Balaban J connectivity index is 1.82. The third-order valence-electron chi connectivity index (χ3n) is 5.33. The van der Waals surface area contributed by atoms with Crippen LogP contribution in [-0.2, 0) is 9.59 Å². The largest absolute Gasteiger partial charge is 0.497 e. The average molecular weight is 423 g/mol. The van der Waals surface area contributed by atoms with Gasteiger partial charge in [-0.2, -0.15) is 0 Å². The number of hydrogen-bond acceptors (Lipinski definition) is 6. The van der Waals surface area contributed by atoms with Gasteiger partial charge in [-0.15, -0.1) is 0 Å². The highest BCUT2D eigenvalue weighted by Gasteiger charge is 2.53. The van der Waals surface area contributed by atoms with E-state index in [9.17, 15) is 19.8 Å². The van der Waals surface area contributed by atoms with Gasteiger partial charge in [0.15, 0.2) is 5.11 Å². The van der Waals surface area contributed by atoms with E-state index < -0.39 is 30.2 Å². The molecule has 2 fully saturated rings. The Bertz CT molecular complexity index is 774. The van der Waals surface area contributed by atoms with Gasteiger partial charge in [-0.25, -0.2) is 0 Å². The summed E-state index contributed by atoms with van der Waals surface area (Å²) in [7, 11) is 1.58. The van der Waals surface area contributed by atoms with Crippen molar-refractivity contribution < 1.29 is 24.5 Å². The first-order valence-corrected chi connectivity index (χ1v) is 9.86. The van der Waals surface area contributed by atoms with E-state index in [0.717, 1.165) is 5.69 Å². The van der Waals surface area contributed by atoms with Crippen LogP contribution in [0.25, 0.3) is 0 Å². The number of anilines is 1. The number of rotatable bonds is 6. The molecule has 0 aromatic heterocycles. The van der Waals surface area contributed by atoms with Crippen molar-refractivity contribution in [3.63, 3.8) is 0 Å². The van der Waals surface area contributed by atoms with Crippen molar-refractivity contribution in [3.05, 3.63) is 24.3 Å². The van der Waals surface area contributed by atoms with E-state index in [0.29, 0.717) is 17.4 Å². The summed E-state index contributed by atoms with van der Waals surface area (Å²) in [4.78, 5) is 25.7. The molecule has 1 aliphatic heterocycles. The Morgan fingerprint density at radius 2 is 1.90 bits per heavy atom. The van der Waals surface area contributed by atoms with Crippen molar-refractivity contribution >= 4 is 34.8 Å². The van der Waals surface area contributed by atoms with Crippen LogP contribution in [-0.4, -0.2) is 71.6 Å². The summed E-state index contributed by atoms with van der Waals surface area (Å²) >= 11 is 5.48. The molecule has 9 nitrogen and oxygen atoms in total. The fourth-order valence-corrected chi connectivity index (χ4v) is 4.30. The maximum atomic E-state index is 12.9. The maximum absolute atomic E-state index is 12.9. The number of ether oxygens (including phenoxy) is 1. The molecule has 5 atom stereocenters. The molecule has 1 aromatic carbocycles. The molecule has 0 unspecified atom stereocenters. The summed E-state index contributed by atoms with van der Waals surface area (Å²) < 4.78 is 5.19. The predicted molar refractivity (Wildman–Crippen MR) is 111 cm³/mol. The van der Waals surface area contributed by atoms with E-state index in [4.69, 9.17) is 17.0 Å². The molecule has 0 bridgehead atoms. The first kappa shape index (κ1) is 21.3. The third kappa shape index (κ3) is 4.44. The van der Waals surface area contributed by atoms with Gasteiger partial charge in [0.25, 0.3) is 0 Å². The zero-order chi connectivity index (χ0) is 21.1. The molecule has 158 valence electrons. The summed E-state index contributed by atoms with van der Waals surface area (Å²) in [6.45, 7) is 1.99. The zero-order valence-corrected chi connectivity index (χ0v) is 17.1. The SMILES string of the molecule is COc1ccc(N2C(=S)N[C@@H]3[C@@H](O)[C@H](O)C[C@H](C(=O)NCCNC(C)=O)[C@H]32)cc1. The lowest BCUT2D eigenvalue weighted by Crippen LogP contribution is -2.61. The summed E-state index contributed by atoms with van der Waals surface area (Å²) in [5.41, 5.74) is 0.760. The Morgan fingerprint density at radius 3 is 2.52 bits per heavy atom. The van der Waals surface area contributed by atoms with Crippen LogP contribution >= 0.6 is 12.2 Å². The standard InChI is InChI=1S/C19H26N4O5S/c1-10(24)20-7-8-21-18(27)13-9-14(25)17(26)15-16(13)23(19(29)22-15)11-3-5-12(28-2)6-4-11/h3-6,13-17,25-26H,7-9H2,1-2H3,(H,20,24)(H,21,27)(H,22,29)/t13-,14+,15-,16+,17-/m0/s1. The molecule has 5 N–H and O–H groups in total. The molecule has 1 aliphatic carbocycles. The number of carbonyl (C=O) groups excluding carboxylic acids is 2. The number of carbonyl (C=O) groups is 2. The number of aliphatic hydroxyl groups excluding tert-OH is 2. The minimum absolute atomic E-state index is 0.102.